The molecule has 3 unspecified atom stereocenters. The molecule has 3 atom stereocenters. The average Bonchev–Trinajstić information content (AvgIpc) is 3.32. The van der Waals surface area contributed by atoms with E-state index in [1.54, 1.807) is 42.5 Å². The molecule has 1 aliphatic heterocycles. The number of carbonyl (C=O) groups excluding carboxylic acids is 1. The van der Waals surface area contributed by atoms with Crippen LogP contribution in [0, 0.1) is 0 Å². The van der Waals surface area contributed by atoms with Crippen molar-refractivity contribution in [3.05, 3.63) is 75.4 Å². The molecular formula is C25H23ClN4O6. The molecule has 186 valence electrons. The fraction of sp³-hybridized carbons (Fsp3) is 0.240. The number of H-pyrrole nitrogens is 1. The Bertz CT molecular complexity index is 1470. The summed E-state index contributed by atoms with van der Waals surface area (Å²) < 4.78 is 5.82. The minimum absolute atomic E-state index is 0.00355. The molecule has 3 heterocycles. The number of nitrogens with zero attached hydrogens (tertiary/aromatic N) is 2. The van der Waals surface area contributed by atoms with Gasteiger partial charge < -0.3 is 24.6 Å². The Hall–Kier alpha value is -3.70. The van der Waals surface area contributed by atoms with Crippen molar-refractivity contribution < 1.29 is 24.5 Å². The molecule has 0 radical (unpaired) electrons. The van der Waals surface area contributed by atoms with Crippen LogP contribution < -0.4 is 15.8 Å². The van der Waals surface area contributed by atoms with Gasteiger partial charge in [-0.1, -0.05) is 23.7 Å². The Labute approximate surface area is 209 Å². The van der Waals surface area contributed by atoms with Gasteiger partial charge in [-0.2, -0.15) is 0 Å². The van der Waals surface area contributed by atoms with Crippen molar-refractivity contribution in [2.75, 3.05) is 4.90 Å². The number of carbonyl (C=O) groups is 1. The standard InChI is InChI=1S/C25H23ClN4O6/c26-14-6-4-13(5-7-14)25-27-10-15(36-25)11-30(12-31)21-20-16(17-8-9-19(32)28-22(17)33)2-1-3-18(20)23(34)29-24(21)35/h1-7,10,12,17,19,22,28,32-33H,8-9,11H2,(H2,29,34,35). The summed E-state index contributed by atoms with van der Waals surface area (Å²) in [5, 5.41) is 34.8. The molecule has 4 aromatic rings. The molecule has 5 rings (SSSR count). The van der Waals surface area contributed by atoms with Crippen molar-refractivity contribution in [1.29, 1.82) is 0 Å². The van der Waals surface area contributed by atoms with E-state index in [0.29, 0.717) is 57.8 Å². The second-order valence-corrected chi connectivity index (χ2v) is 9.04. The number of aliphatic hydroxyl groups excluding tert-OH is 2. The molecule has 0 aliphatic carbocycles. The number of amides is 1. The largest absolute Gasteiger partial charge is 0.494 e. The highest BCUT2D eigenvalue weighted by atomic mass is 35.5. The highest BCUT2D eigenvalue weighted by Crippen LogP contribution is 2.39. The zero-order valence-electron chi connectivity index (χ0n) is 18.9. The Kier molecular flexibility index (Phi) is 6.50. The van der Waals surface area contributed by atoms with Crippen LogP contribution in [0.5, 0.6) is 5.88 Å². The molecule has 11 heteroatoms. The van der Waals surface area contributed by atoms with Crippen molar-refractivity contribution in [3.63, 3.8) is 0 Å². The van der Waals surface area contributed by atoms with Crippen LogP contribution in [-0.2, 0) is 11.3 Å². The lowest BCUT2D eigenvalue weighted by Crippen LogP contribution is -2.46. The predicted octanol–water partition coefficient (Wildman–Crippen LogP) is 2.81. The molecule has 0 spiro atoms. The number of aromatic hydroxyl groups is 1. The van der Waals surface area contributed by atoms with E-state index in [-0.39, 0.29) is 18.1 Å². The number of aliphatic hydroxyl groups is 2. The number of halogens is 1. The van der Waals surface area contributed by atoms with Crippen molar-refractivity contribution in [2.45, 2.75) is 37.8 Å². The third-order valence-corrected chi connectivity index (χ3v) is 6.57. The number of aromatic amines is 1. The smallest absolute Gasteiger partial charge is 0.275 e. The molecule has 36 heavy (non-hydrogen) atoms. The minimum Gasteiger partial charge on any atom is -0.494 e. The number of aromatic nitrogens is 2. The number of hydrogen-bond donors (Lipinski definition) is 5. The molecule has 2 aromatic heterocycles. The molecule has 0 bridgehead atoms. The zero-order chi connectivity index (χ0) is 25.4. The van der Waals surface area contributed by atoms with Crippen molar-refractivity contribution in [2.24, 2.45) is 0 Å². The van der Waals surface area contributed by atoms with Gasteiger partial charge in [0.2, 0.25) is 12.3 Å². The second-order valence-electron chi connectivity index (χ2n) is 8.60. The van der Waals surface area contributed by atoms with Gasteiger partial charge in [0.05, 0.1) is 12.7 Å². The maximum atomic E-state index is 13.1. The number of anilines is 1. The Morgan fingerprint density at radius 2 is 1.94 bits per heavy atom. The minimum atomic E-state index is -1.09. The van der Waals surface area contributed by atoms with E-state index in [1.165, 1.54) is 11.1 Å². The quantitative estimate of drug-likeness (QED) is 0.248. The van der Waals surface area contributed by atoms with Crippen molar-refractivity contribution >= 4 is 34.5 Å². The first-order valence-corrected chi connectivity index (χ1v) is 11.7. The number of fused-ring (bicyclic) bond motifs is 1. The number of rotatable bonds is 6. The maximum absolute atomic E-state index is 13.1. The van der Waals surface area contributed by atoms with Crippen molar-refractivity contribution in [1.82, 2.24) is 15.3 Å². The predicted molar refractivity (Wildman–Crippen MR) is 133 cm³/mol. The number of nitrogens with one attached hydrogen (secondary N) is 2. The van der Waals surface area contributed by atoms with Crippen LogP contribution in [0.1, 0.15) is 30.1 Å². The number of oxazole rings is 1. The third kappa shape index (κ3) is 4.47. The molecule has 1 amide bonds. The molecule has 2 aromatic carbocycles. The van der Waals surface area contributed by atoms with Gasteiger partial charge in [-0.15, -0.1) is 0 Å². The zero-order valence-corrected chi connectivity index (χ0v) is 19.6. The Morgan fingerprint density at radius 1 is 1.17 bits per heavy atom. The summed E-state index contributed by atoms with van der Waals surface area (Å²) in [6.07, 6.45) is 0.834. The number of pyridine rings is 1. The fourth-order valence-corrected chi connectivity index (χ4v) is 4.75. The monoisotopic (exact) mass is 510 g/mol. The third-order valence-electron chi connectivity index (χ3n) is 6.32. The Balaban J connectivity index is 1.57. The van der Waals surface area contributed by atoms with Gasteiger partial charge in [-0.25, -0.2) is 4.98 Å². The molecular weight excluding hydrogens is 488 g/mol. The highest BCUT2D eigenvalue weighted by Gasteiger charge is 2.32. The van der Waals surface area contributed by atoms with Crippen LogP contribution in [0.25, 0.3) is 22.2 Å². The van der Waals surface area contributed by atoms with E-state index >= 15 is 0 Å². The van der Waals surface area contributed by atoms with E-state index in [4.69, 9.17) is 16.0 Å². The molecule has 5 N–H and O–H groups in total. The topological polar surface area (TPSA) is 152 Å². The summed E-state index contributed by atoms with van der Waals surface area (Å²) in [4.78, 5) is 33.1. The molecule has 1 saturated heterocycles. The Morgan fingerprint density at radius 3 is 2.67 bits per heavy atom. The van der Waals surface area contributed by atoms with Crippen LogP contribution in [0.2, 0.25) is 5.02 Å². The van der Waals surface area contributed by atoms with E-state index in [9.17, 15) is 24.9 Å². The number of hydrogen-bond acceptors (Lipinski definition) is 8. The SMILES string of the molecule is O=CN(Cc1cnc(-c2ccc(Cl)cc2)o1)c1c(=O)[nH]c(O)c2cccc(C3CCC(O)NC3O)c12. The van der Waals surface area contributed by atoms with Gasteiger partial charge in [-0.05, 0) is 48.7 Å². The van der Waals surface area contributed by atoms with Gasteiger partial charge in [0.15, 0.2) is 5.88 Å². The summed E-state index contributed by atoms with van der Waals surface area (Å²) in [6, 6.07) is 11.9. The fourth-order valence-electron chi connectivity index (χ4n) is 4.62. The lowest BCUT2D eigenvalue weighted by atomic mass is 9.86. The lowest BCUT2D eigenvalue weighted by Gasteiger charge is -2.33. The second kappa shape index (κ2) is 9.75. The summed E-state index contributed by atoms with van der Waals surface area (Å²) in [5.41, 5.74) is 0.563. The normalized spacial score (nSPS) is 19.9. The van der Waals surface area contributed by atoms with Crippen LogP contribution in [-0.4, -0.2) is 44.2 Å². The van der Waals surface area contributed by atoms with Gasteiger partial charge in [0.25, 0.3) is 5.56 Å². The number of benzene rings is 2. The maximum Gasteiger partial charge on any atom is 0.275 e. The van der Waals surface area contributed by atoms with Crippen LogP contribution >= 0.6 is 11.6 Å². The van der Waals surface area contributed by atoms with E-state index in [2.05, 4.69) is 15.3 Å². The first-order chi connectivity index (χ1) is 17.4. The molecule has 10 nitrogen and oxygen atoms in total. The molecule has 1 fully saturated rings. The van der Waals surface area contributed by atoms with Gasteiger partial charge >= 0.3 is 0 Å². The summed E-state index contributed by atoms with van der Waals surface area (Å²) >= 11 is 5.94. The highest BCUT2D eigenvalue weighted by molar-refractivity contribution is 6.30. The number of piperidine rings is 1. The molecule has 1 aliphatic rings. The van der Waals surface area contributed by atoms with E-state index in [0.717, 1.165) is 0 Å². The van der Waals surface area contributed by atoms with Gasteiger partial charge in [-0.3, -0.25) is 19.9 Å². The first kappa shape index (κ1) is 24.0. The summed E-state index contributed by atoms with van der Waals surface area (Å²) in [7, 11) is 0. The average molecular weight is 511 g/mol. The van der Waals surface area contributed by atoms with E-state index in [1.807, 2.05) is 0 Å². The van der Waals surface area contributed by atoms with Gasteiger partial charge in [0, 0.05) is 27.3 Å². The van der Waals surface area contributed by atoms with Crippen LogP contribution in [0.4, 0.5) is 5.69 Å². The molecule has 0 saturated carbocycles. The van der Waals surface area contributed by atoms with Crippen LogP contribution in [0.3, 0.4) is 0 Å². The first-order valence-electron chi connectivity index (χ1n) is 11.3. The van der Waals surface area contributed by atoms with Gasteiger partial charge in [0.1, 0.15) is 23.9 Å². The van der Waals surface area contributed by atoms with E-state index < -0.39 is 23.9 Å². The lowest BCUT2D eigenvalue weighted by molar-refractivity contribution is -0.107. The van der Waals surface area contributed by atoms with Crippen molar-refractivity contribution in [3.8, 4) is 17.3 Å². The summed E-state index contributed by atoms with van der Waals surface area (Å²) in [5.74, 6) is -0.193. The van der Waals surface area contributed by atoms with Crippen LogP contribution in [0.15, 0.2) is 57.9 Å². The summed E-state index contributed by atoms with van der Waals surface area (Å²) in [6.45, 7) is -0.106.